The van der Waals surface area contributed by atoms with Crippen molar-refractivity contribution in [1.82, 2.24) is 14.8 Å². The van der Waals surface area contributed by atoms with Crippen molar-refractivity contribution in [2.24, 2.45) is 0 Å². The summed E-state index contributed by atoms with van der Waals surface area (Å²) in [5.74, 6) is 0.0803. The van der Waals surface area contributed by atoms with Crippen molar-refractivity contribution in [3.05, 3.63) is 16.1 Å². The van der Waals surface area contributed by atoms with Crippen LogP contribution in [0.3, 0.4) is 0 Å². The maximum atomic E-state index is 12.5. The Kier molecular flexibility index (Phi) is 3.97. The first-order valence-electron chi connectivity index (χ1n) is 6.74. The molecule has 106 valence electrons. The van der Waals surface area contributed by atoms with Gasteiger partial charge in [0.2, 0.25) is 0 Å². The first-order valence-corrected chi connectivity index (χ1v) is 7.56. The summed E-state index contributed by atoms with van der Waals surface area (Å²) in [6.45, 7) is 7.28. The molecule has 1 aromatic rings. The van der Waals surface area contributed by atoms with Gasteiger partial charge in [-0.05, 0) is 32.4 Å². The maximum absolute atomic E-state index is 12.5. The molecule has 0 aliphatic carbocycles. The Hall–Kier alpha value is -0.940. The van der Waals surface area contributed by atoms with Crippen molar-refractivity contribution >= 4 is 17.2 Å². The molecule has 0 N–H and O–H groups in total. The summed E-state index contributed by atoms with van der Waals surface area (Å²) in [4.78, 5) is 22.1. The van der Waals surface area contributed by atoms with Crippen molar-refractivity contribution in [3.63, 3.8) is 0 Å². The van der Waals surface area contributed by atoms with Crippen molar-refractivity contribution in [1.29, 1.82) is 0 Å². The Morgan fingerprint density at radius 2 is 2.16 bits per heavy atom. The molecule has 1 aromatic heterocycles. The molecule has 2 heterocycles. The molecule has 2 rings (SSSR count). The third-order valence-corrected chi connectivity index (χ3v) is 4.92. The number of hydrogen-bond donors (Lipinski definition) is 0. The van der Waals surface area contributed by atoms with E-state index in [-0.39, 0.29) is 17.5 Å². The van der Waals surface area contributed by atoms with Gasteiger partial charge < -0.3 is 4.90 Å². The molecule has 0 saturated carbocycles. The van der Waals surface area contributed by atoms with Gasteiger partial charge in [-0.25, -0.2) is 4.98 Å². The number of thiazole rings is 1. The van der Waals surface area contributed by atoms with Gasteiger partial charge >= 0.3 is 0 Å². The summed E-state index contributed by atoms with van der Waals surface area (Å²) >= 11 is 1.53. The molecular weight excluding hydrogens is 258 g/mol. The highest BCUT2D eigenvalue weighted by Gasteiger charge is 2.32. The molecule has 1 amide bonds. The van der Waals surface area contributed by atoms with E-state index in [0.29, 0.717) is 5.01 Å². The molecule has 1 fully saturated rings. The minimum Gasteiger partial charge on any atom is -0.321 e. The van der Waals surface area contributed by atoms with E-state index in [9.17, 15) is 4.79 Å². The zero-order valence-electron chi connectivity index (χ0n) is 12.4. The summed E-state index contributed by atoms with van der Waals surface area (Å²) in [5.41, 5.74) is 0.0577. The van der Waals surface area contributed by atoms with Crippen LogP contribution in [0.2, 0.25) is 0 Å². The molecule has 0 radical (unpaired) electrons. The number of rotatable bonds is 2. The van der Waals surface area contributed by atoms with Crippen LogP contribution in [0, 0.1) is 0 Å². The number of hydrogen-bond acceptors (Lipinski definition) is 4. The Morgan fingerprint density at radius 3 is 2.68 bits per heavy atom. The van der Waals surface area contributed by atoms with Gasteiger partial charge in [0, 0.05) is 17.6 Å². The number of aromatic nitrogens is 1. The molecule has 1 unspecified atom stereocenters. The number of carbonyl (C=O) groups excluding carboxylic acids is 1. The van der Waals surface area contributed by atoms with Crippen molar-refractivity contribution in [3.8, 4) is 0 Å². The third kappa shape index (κ3) is 2.98. The van der Waals surface area contributed by atoms with E-state index in [1.165, 1.54) is 11.3 Å². The molecule has 0 spiro atoms. The van der Waals surface area contributed by atoms with Crippen LogP contribution >= 0.6 is 11.3 Å². The van der Waals surface area contributed by atoms with E-state index in [1.807, 2.05) is 25.2 Å². The number of nitrogens with zero attached hydrogens (tertiary/aromatic N) is 3. The zero-order valence-corrected chi connectivity index (χ0v) is 13.3. The van der Waals surface area contributed by atoms with Crippen LogP contribution in [-0.2, 0) is 5.41 Å². The van der Waals surface area contributed by atoms with E-state index >= 15 is 0 Å². The first-order chi connectivity index (χ1) is 8.80. The number of amides is 1. The predicted octanol–water partition coefficient (Wildman–Crippen LogP) is 2.56. The predicted molar refractivity (Wildman–Crippen MR) is 78.6 cm³/mol. The standard InChI is InChI=1S/C14H23N3OS/c1-14(2,3)10-9-15-12(19-10)13(18)17-8-6-7-11(17)16(4)5/h9,11H,6-8H2,1-5H3. The second kappa shape index (κ2) is 5.21. The molecule has 0 bridgehead atoms. The average molecular weight is 281 g/mol. The monoisotopic (exact) mass is 281 g/mol. The van der Waals surface area contributed by atoms with Crippen molar-refractivity contribution in [2.75, 3.05) is 20.6 Å². The minimum atomic E-state index is 0.0577. The van der Waals surface area contributed by atoms with Gasteiger partial charge in [0.1, 0.15) is 0 Å². The van der Waals surface area contributed by atoms with E-state index in [4.69, 9.17) is 0 Å². The fourth-order valence-electron chi connectivity index (χ4n) is 2.37. The molecule has 1 atom stereocenters. The summed E-state index contributed by atoms with van der Waals surface area (Å²) in [5, 5.41) is 0.624. The fraction of sp³-hybridized carbons (Fsp3) is 0.714. The minimum absolute atomic E-state index is 0.0577. The molecular formula is C14H23N3OS. The lowest BCUT2D eigenvalue weighted by Crippen LogP contribution is -2.43. The molecule has 1 aliphatic heterocycles. The largest absolute Gasteiger partial charge is 0.321 e. The SMILES string of the molecule is CN(C)C1CCCN1C(=O)c1ncc(C(C)(C)C)s1. The highest BCUT2D eigenvalue weighted by atomic mass is 32.1. The highest BCUT2D eigenvalue weighted by Crippen LogP contribution is 2.29. The molecule has 0 aromatic carbocycles. The second-order valence-electron chi connectivity index (χ2n) is 6.36. The number of likely N-dealkylation sites (tertiary alicyclic amines) is 1. The molecule has 4 nitrogen and oxygen atoms in total. The van der Waals surface area contributed by atoms with Crippen LogP contribution in [0.4, 0.5) is 0 Å². The van der Waals surface area contributed by atoms with E-state index in [2.05, 4.69) is 30.7 Å². The molecule has 1 aliphatic rings. The summed E-state index contributed by atoms with van der Waals surface area (Å²) in [6, 6.07) is 0. The van der Waals surface area contributed by atoms with Gasteiger partial charge in [0.15, 0.2) is 5.01 Å². The van der Waals surface area contributed by atoms with Gasteiger partial charge in [-0.15, -0.1) is 11.3 Å². The van der Waals surface area contributed by atoms with Gasteiger partial charge in [0.05, 0.1) is 6.17 Å². The van der Waals surface area contributed by atoms with Crippen LogP contribution in [0.5, 0.6) is 0 Å². The molecule has 5 heteroatoms. The Balaban J connectivity index is 2.18. The van der Waals surface area contributed by atoms with E-state index in [0.717, 1.165) is 24.3 Å². The summed E-state index contributed by atoms with van der Waals surface area (Å²) < 4.78 is 0. The Morgan fingerprint density at radius 1 is 1.47 bits per heavy atom. The van der Waals surface area contributed by atoms with Gasteiger partial charge in [-0.2, -0.15) is 0 Å². The molecule has 19 heavy (non-hydrogen) atoms. The van der Waals surface area contributed by atoms with E-state index in [1.54, 1.807) is 0 Å². The summed E-state index contributed by atoms with van der Waals surface area (Å²) in [7, 11) is 4.05. The maximum Gasteiger partial charge on any atom is 0.284 e. The zero-order chi connectivity index (χ0) is 14.2. The lowest BCUT2D eigenvalue weighted by atomic mass is 9.96. The Bertz CT molecular complexity index is 462. The van der Waals surface area contributed by atoms with Crippen LogP contribution < -0.4 is 0 Å². The second-order valence-corrected chi connectivity index (χ2v) is 7.40. The van der Waals surface area contributed by atoms with Crippen LogP contribution in [0.15, 0.2) is 6.20 Å². The average Bonchev–Trinajstić information content (AvgIpc) is 2.96. The lowest BCUT2D eigenvalue weighted by Gasteiger charge is -2.29. The van der Waals surface area contributed by atoms with Gasteiger partial charge in [-0.1, -0.05) is 20.8 Å². The third-order valence-electron chi connectivity index (χ3n) is 3.51. The number of carbonyl (C=O) groups is 1. The normalized spacial score (nSPS) is 20.3. The van der Waals surface area contributed by atoms with Crippen LogP contribution in [0.1, 0.15) is 48.3 Å². The fourth-order valence-corrected chi connectivity index (χ4v) is 3.30. The van der Waals surface area contributed by atoms with Crippen LogP contribution in [-0.4, -0.2) is 47.5 Å². The highest BCUT2D eigenvalue weighted by molar-refractivity contribution is 7.13. The van der Waals surface area contributed by atoms with Gasteiger partial charge in [-0.3, -0.25) is 9.69 Å². The smallest absolute Gasteiger partial charge is 0.284 e. The van der Waals surface area contributed by atoms with Crippen molar-refractivity contribution < 1.29 is 4.79 Å². The topological polar surface area (TPSA) is 36.4 Å². The van der Waals surface area contributed by atoms with Gasteiger partial charge in [0.25, 0.3) is 5.91 Å². The van der Waals surface area contributed by atoms with Crippen LogP contribution in [0.25, 0.3) is 0 Å². The first kappa shape index (κ1) is 14.5. The van der Waals surface area contributed by atoms with Crippen molar-refractivity contribution in [2.45, 2.75) is 45.2 Å². The lowest BCUT2D eigenvalue weighted by molar-refractivity contribution is 0.0584. The quantitative estimate of drug-likeness (QED) is 0.836. The van der Waals surface area contributed by atoms with E-state index < -0.39 is 0 Å². The molecule has 1 saturated heterocycles. The Labute approximate surface area is 119 Å². The summed E-state index contributed by atoms with van der Waals surface area (Å²) in [6.07, 6.45) is 4.19.